The largest absolute Gasteiger partial charge is 0.497 e. The molecule has 0 fully saturated rings. The number of nitrogens with one attached hydrogen (secondary N) is 1. The molecule has 0 aliphatic carbocycles. The van der Waals surface area contributed by atoms with Crippen molar-refractivity contribution < 1.29 is 19.4 Å². The molecule has 1 unspecified atom stereocenters. The van der Waals surface area contributed by atoms with Gasteiger partial charge in [-0.1, -0.05) is 56.3 Å². The van der Waals surface area contributed by atoms with E-state index < -0.39 is 12.0 Å². The van der Waals surface area contributed by atoms with Crippen molar-refractivity contribution in [3.05, 3.63) is 65.7 Å². The molecule has 2 aromatic rings. The molecular formula is C21H25NO4. The lowest BCUT2D eigenvalue weighted by Gasteiger charge is -2.25. The topological polar surface area (TPSA) is 75.6 Å². The van der Waals surface area contributed by atoms with Gasteiger partial charge >= 0.3 is 5.97 Å². The number of carbonyl (C=O) groups excluding carboxylic acids is 1. The molecule has 0 radical (unpaired) electrons. The number of hydrogen-bond acceptors (Lipinski definition) is 3. The van der Waals surface area contributed by atoms with E-state index in [9.17, 15) is 14.7 Å². The van der Waals surface area contributed by atoms with Crippen LogP contribution in [0.4, 0.5) is 0 Å². The molecule has 0 saturated heterocycles. The Labute approximate surface area is 154 Å². The summed E-state index contributed by atoms with van der Waals surface area (Å²) in [5, 5.41) is 12.1. The van der Waals surface area contributed by atoms with E-state index >= 15 is 0 Å². The third-order valence-corrected chi connectivity index (χ3v) is 4.53. The molecule has 2 rings (SSSR count). The predicted octanol–water partition coefficient (Wildman–Crippen LogP) is 3.70. The van der Waals surface area contributed by atoms with Gasteiger partial charge in [-0.15, -0.1) is 0 Å². The summed E-state index contributed by atoms with van der Waals surface area (Å²) in [5.41, 5.74) is 1.49. The second kappa shape index (κ2) is 8.52. The highest BCUT2D eigenvalue weighted by Gasteiger charge is 2.25. The van der Waals surface area contributed by atoms with E-state index in [0.29, 0.717) is 17.7 Å². The van der Waals surface area contributed by atoms with E-state index in [1.807, 2.05) is 30.3 Å². The zero-order valence-corrected chi connectivity index (χ0v) is 15.4. The zero-order valence-electron chi connectivity index (χ0n) is 15.4. The van der Waals surface area contributed by atoms with Crippen LogP contribution in [-0.2, 0) is 15.0 Å². The smallest absolute Gasteiger partial charge is 0.330 e. The Kier molecular flexibility index (Phi) is 6.39. The SMILES string of the molecule is COc1ccc(C(NC(=O)CCC(C)(C)c2ccccc2)C(=O)O)cc1. The molecule has 0 saturated carbocycles. The zero-order chi connectivity index (χ0) is 19.2. The third-order valence-electron chi connectivity index (χ3n) is 4.53. The summed E-state index contributed by atoms with van der Waals surface area (Å²) in [6.45, 7) is 4.15. The lowest BCUT2D eigenvalue weighted by Crippen LogP contribution is -2.34. The van der Waals surface area contributed by atoms with Gasteiger partial charge in [0.1, 0.15) is 5.75 Å². The van der Waals surface area contributed by atoms with E-state index in [0.717, 1.165) is 5.56 Å². The van der Waals surface area contributed by atoms with Gasteiger partial charge in [-0.25, -0.2) is 4.79 Å². The maximum Gasteiger partial charge on any atom is 0.330 e. The molecule has 2 N–H and O–H groups in total. The summed E-state index contributed by atoms with van der Waals surface area (Å²) in [6.07, 6.45) is 0.875. The molecule has 0 aromatic heterocycles. The molecule has 2 aromatic carbocycles. The van der Waals surface area contributed by atoms with Gasteiger partial charge in [0.15, 0.2) is 6.04 Å². The minimum Gasteiger partial charge on any atom is -0.497 e. The first kappa shape index (κ1) is 19.5. The fraction of sp³-hybridized carbons (Fsp3) is 0.333. The normalized spacial score (nSPS) is 12.3. The van der Waals surface area contributed by atoms with Crippen LogP contribution in [0.25, 0.3) is 0 Å². The molecular weight excluding hydrogens is 330 g/mol. The fourth-order valence-corrected chi connectivity index (χ4v) is 2.78. The monoisotopic (exact) mass is 355 g/mol. The maximum atomic E-state index is 12.3. The van der Waals surface area contributed by atoms with Crippen LogP contribution in [0.1, 0.15) is 43.9 Å². The Morgan fingerprint density at radius 2 is 1.69 bits per heavy atom. The number of carboxylic acids is 1. The first-order valence-electron chi connectivity index (χ1n) is 8.55. The minimum absolute atomic E-state index is 0.169. The number of hydrogen-bond donors (Lipinski definition) is 2. The van der Waals surface area contributed by atoms with E-state index in [4.69, 9.17) is 4.74 Å². The van der Waals surface area contributed by atoms with Gasteiger partial charge in [-0.3, -0.25) is 4.79 Å². The number of amides is 1. The van der Waals surface area contributed by atoms with Crippen LogP contribution in [0, 0.1) is 0 Å². The number of ether oxygens (including phenoxy) is 1. The van der Waals surface area contributed by atoms with Crippen LogP contribution >= 0.6 is 0 Å². The Morgan fingerprint density at radius 1 is 1.08 bits per heavy atom. The van der Waals surface area contributed by atoms with Crippen LogP contribution in [0.15, 0.2) is 54.6 Å². The van der Waals surface area contributed by atoms with E-state index in [2.05, 4.69) is 19.2 Å². The number of benzene rings is 2. The lowest BCUT2D eigenvalue weighted by molar-refractivity contribution is -0.142. The van der Waals surface area contributed by atoms with Gasteiger partial charge in [0.25, 0.3) is 0 Å². The molecule has 0 heterocycles. The Hall–Kier alpha value is -2.82. The van der Waals surface area contributed by atoms with Crippen molar-refractivity contribution >= 4 is 11.9 Å². The molecule has 5 nitrogen and oxygen atoms in total. The van der Waals surface area contributed by atoms with Crippen LogP contribution < -0.4 is 10.1 Å². The van der Waals surface area contributed by atoms with Gasteiger partial charge in [0.2, 0.25) is 5.91 Å². The highest BCUT2D eigenvalue weighted by molar-refractivity contribution is 5.84. The van der Waals surface area contributed by atoms with Crippen molar-refractivity contribution in [3.8, 4) is 5.75 Å². The van der Waals surface area contributed by atoms with E-state index in [1.165, 1.54) is 0 Å². The van der Waals surface area contributed by atoms with Gasteiger partial charge in [-0.2, -0.15) is 0 Å². The van der Waals surface area contributed by atoms with Gasteiger partial charge in [0, 0.05) is 6.42 Å². The molecule has 0 aliphatic heterocycles. The van der Waals surface area contributed by atoms with E-state index in [-0.39, 0.29) is 17.7 Å². The average molecular weight is 355 g/mol. The highest BCUT2D eigenvalue weighted by Crippen LogP contribution is 2.28. The highest BCUT2D eigenvalue weighted by atomic mass is 16.5. The van der Waals surface area contributed by atoms with E-state index in [1.54, 1.807) is 31.4 Å². The number of methoxy groups -OCH3 is 1. The average Bonchev–Trinajstić information content (AvgIpc) is 2.65. The predicted molar refractivity (Wildman–Crippen MR) is 100 cm³/mol. The first-order valence-corrected chi connectivity index (χ1v) is 8.55. The molecule has 26 heavy (non-hydrogen) atoms. The Morgan fingerprint density at radius 3 is 2.23 bits per heavy atom. The van der Waals surface area contributed by atoms with Crippen LogP contribution in [0.5, 0.6) is 5.75 Å². The summed E-state index contributed by atoms with van der Waals surface area (Å²) in [7, 11) is 1.54. The quantitative estimate of drug-likeness (QED) is 0.757. The summed E-state index contributed by atoms with van der Waals surface area (Å²) < 4.78 is 5.07. The maximum absolute atomic E-state index is 12.3. The van der Waals surface area contributed by atoms with Crippen molar-refractivity contribution in [1.82, 2.24) is 5.32 Å². The van der Waals surface area contributed by atoms with Gasteiger partial charge < -0.3 is 15.2 Å². The molecule has 138 valence electrons. The third kappa shape index (κ3) is 5.09. The minimum atomic E-state index is -1.09. The number of aliphatic carboxylic acids is 1. The number of carbonyl (C=O) groups is 2. The standard InChI is InChI=1S/C21H25NO4/c1-21(2,16-7-5-4-6-8-16)14-13-18(23)22-19(20(24)25)15-9-11-17(26-3)12-10-15/h4-12,19H,13-14H2,1-3H3,(H,22,23)(H,24,25). The molecule has 0 aliphatic rings. The van der Waals surface area contributed by atoms with Crippen LogP contribution in [0.2, 0.25) is 0 Å². The van der Waals surface area contributed by atoms with Crippen molar-refractivity contribution in [1.29, 1.82) is 0 Å². The fourth-order valence-electron chi connectivity index (χ4n) is 2.78. The van der Waals surface area contributed by atoms with Crippen LogP contribution in [0.3, 0.4) is 0 Å². The lowest BCUT2D eigenvalue weighted by atomic mass is 9.80. The molecule has 1 atom stereocenters. The summed E-state index contributed by atoms with van der Waals surface area (Å²) >= 11 is 0. The molecule has 1 amide bonds. The molecule has 5 heteroatoms. The first-order chi connectivity index (χ1) is 12.3. The summed E-state index contributed by atoms with van der Waals surface area (Å²) in [6, 6.07) is 15.5. The number of carboxylic acid groups (broad SMARTS) is 1. The Balaban J connectivity index is 2.00. The summed E-state index contributed by atoms with van der Waals surface area (Å²) in [4.78, 5) is 23.9. The molecule has 0 bridgehead atoms. The van der Waals surface area contributed by atoms with Crippen molar-refractivity contribution in [2.45, 2.75) is 38.1 Å². The summed E-state index contributed by atoms with van der Waals surface area (Å²) in [5.74, 6) is -0.739. The van der Waals surface area contributed by atoms with Gasteiger partial charge in [-0.05, 0) is 35.1 Å². The number of rotatable bonds is 8. The van der Waals surface area contributed by atoms with Crippen molar-refractivity contribution in [3.63, 3.8) is 0 Å². The Bertz CT molecular complexity index is 738. The van der Waals surface area contributed by atoms with Crippen LogP contribution in [-0.4, -0.2) is 24.1 Å². The van der Waals surface area contributed by atoms with Gasteiger partial charge in [0.05, 0.1) is 7.11 Å². The van der Waals surface area contributed by atoms with Crippen molar-refractivity contribution in [2.24, 2.45) is 0 Å². The molecule has 0 spiro atoms. The second-order valence-electron chi connectivity index (χ2n) is 6.86. The van der Waals surface area contributed by atoms with Crippen molar-refractivity contribution in [2.75, 3.05) is 7.11 Å². The second-order valence-corrected chi connectivity index (χ2v) is 6.86.